The van der Waals surface area contributed by atoms with E-state index in [0.717, 1.165) is 11.3 Å². The Kier molecular flexibility index (Phi) is 6.11. The highest BCUT2D eigenvalue weighted by atomic mass is 19.1. The molecule has 1 N–H and O–H groups in total. The first-order valence-corrected chi connectivity index (χ1v) is 10.4. The van der Waals surface area contributed by atoms with Gasteiger partial charge >= 0.3 is 0 Å². The van der Waals surface area contributed by atoms with Gasteiger partial charge in [0.25, 0.3) is 5.91 Å². The molecule has 160 valence electrons. The number of nitrogens with zero attached hydrogens (tertiary/aromatic N) is 3. The molecule has 6 nitrogen and oxygen atoms in total. The lowest BCUT2D eigenvalue weighted by Gasteiger charge is -2.32. The van der Waals surface area contributed by atoms with Crippen molar-refractivity contribution in [1.29, 1.82) is 0 Å². The van der Waals surface area contributed by atoms with Crippen molar-refractivity contribution in [2.24, 2.45) is 5.92 Å². The maximum atomic E-state index is 13.1. The predicted octanol–water partition coefficient (Wildman–Crippen LogP) is 3.74. The zero-order chi connectivity index (χ0) is 21.8. The topological polar surface area (TPSA) is 67.2 Å². The Morgan fingerprint density at radius 2 is 1.74 bits per heavy atom. The fourth-order valence-corrected chi connectivity index (χ4v) is 3.88. The minimum absolute atomic E-state index is 0.0140. The molecule has 3 aromatic rings. The number of hydrogen-bond donors (Lipinski definition) is 1. The zero-order valence-electron chi connectivity index (χ0n) is 17.4. The summed E-state index contributed by atoms with van der Waals surface area (Å²) >= 11 is 0. The van der Waals surface area contributed by atoms with Crippen LogP contribution in [0.3, 0.4) is 0 Å². The van der Waals surface area contributed by atoms with E-state index in [1.807, 2.05) is 42.0 Å². The summed E-state index contributed by atoms with van der Waals surface area (Å²) in [5.74, 6) is -0.590. The number of benzene rings is 2. The highest BCUT2D eigenvalue weighted by molar-refractivity contribution is 5.94. The van der Waals surface area contributed by atoms with Crippen LogP contribution in [0.2, 0.25) is 0 Å². The number of carbonyl (C=O) groups is 2. The number of imidazole rings is 1. The smallest absolute Gasteiger partial charge is 0.253 e. The Labute approximate surface area is 180 Å². The van der Waals surface area contributed by atoms with Crippen molar-refractivity contribution in [3.8, 4) is 5.69 Å². The van der Waals surface area contributed by atoms with Crippen LogP contribution in [0.25, 0.3) is 5.69 Å². The van der Waals surface area contributed by atoms with Gasteiger partial charge in [-0.15, -0.1) is 0 Å². The van der Waals surface area contributed by atoms with Crippen molar-refractivity contribution in [2.45, 2.75) is 25.8 Å². The molecule has 0 saturated carbocycles. The number of nitrogens with one attached hydrogen (secondary N) is 1. The Balaban J connectivity index is 1.29. The van der Waals surface area contributed by atoms with Gasteiger partial charge in [0.15, 0.2) is 0 Å². The van der Waals surface area contributed by atoms with Crippen LogP contribution in [-0.2, 0) is 4.79 Å². The molecule has 0 spiro atoms. The molecule has 1 atom stereocenters. The molecule has 0 aliphatic carbocycles. The summed E-state index contributed by atoms with van der Waals surface area (Å²) in [7, 11) is 0. The van der Waals surface area contributed by atoms with E-state index in [2.05, 4.69) is 10.3 Å². The van der Waals surface area contributed by atoms with Gasteiger partial charge in [-0.3, -0.25) is 9.59 Å². The third kappa shape index (κ3) is 4.82. The number of piperidine rings is 1. The SMILES string of the molecule is CC(NC(=O)C1CCN(C(=O)c2ccc(F)cc2)CC1)c1ccc(-n2ccnc2)cc1. The highest BCUT2D eigenvalue weighted by Crippen LogP contribution is 2.22. The minimum Gasteiger partial charge on any atom is -0.349 e. The van der Waals surface area contributed by atoms with E-state index in [1.54, 1.807) is 17.4 Å². The number of rotatable bonds is 5. The molecular weight excluding hydrogens is 395 g/mol. The quantitative estimate of drug-likeness (QED) is 0.684. The maximum Gasteiger partial charge on any atom is 0.253 e. The molecule has 1 saturated heterocycles. The van der Waals surface area contributed by atoms with Gasteiger partial charge in [-0.05, 0) is 61.7 Å². The minimum atomic E-state index is -0.364. The maximum absolute atomic E-state index is 13.1. The molecular formula is C24H25FN4O2. The molecule has 7 heteroatoms. The van der Waals surface area contributed by atoms with Gasteiger partial charge in [0, 0.05) is 42.7 Å². The van der Waals surface area contributed by atoms with Crippen LogP contribution in [0.5, 0.6) is 0 Å². The predicted molar refractivity (Wildman–Crippen MR) is 115 cm³/mol. The van der Waals surface area contributed by atoms with Gasteiger partial charge in [0.05, 0.1) is 12.4 Å². The van der Waals surface area contributed by atoms with Gasteiger partial charge in [-0.25, -0.2) is 9.37 Å². The van der Waals surface area contributed by atoms with Crippen LogP contribution in [0.4, 0.5) is 4.39 Å². The number of hydrogen-bond acceptors (Lipinski definition) is 3. The summed E-state index contributed by atoms with van der Waals surface area (Å²) < 4.78 is 15.0. The molecule has 2 amide bonds. The normalized spacial score (nSPS) is 15.5. The van der Waals surface area contributed by atoms with Gasteiger partial charge in [0.2, 0.25) is 5.91 Å². The number of amides is 2. The fourth-order valence-electron chi connectivity index (χ4n) is 3.88. The first kappa shape index (κ1) is 20.8. The van der Waals surface area contributed by atoms with Crippen molar-refractivity contribution in [3.05, 3.63) is 84.2 Å². The number of halogens is 1. The Hall–Kier alpha value is -3.48. The molecule has 31 heavy (non-hydrogen) atoms. The van der Waals surface area contributed by atoms with Gasteiger partial charge in [0.1, 0.15) is 5.82 Å². The Bertz CT molecular complexity index is 1020. The molecule has 0 bridgehead atoms. The molecule has 1 aliphatic heterocycles. The monoisotopic (exact) mass is 420 g/mol. The van der Waals surface area contributed by atoms with E-state index in [-0.39, 0.29) is 29.6 Å². The fraction of sp³-hybridized carbons (Fsp3) is 0.292. The lowest BCUT2D eigenvalue weighted by molar-refractivity contribution is -0.127. The van der Waals surface area contributed by atoms with E-state index >= 15 is 0 Å². The van der Waals surface area contributed by atoms with E-state index in [9.17, 15) is 14.0 Å². The summed E-state index contributed by atoms with van der Waals surface area (Å²) in [6, 6.07) is 13.5. The van der Waals surface area contributed by atoms with Crippen LogP contribution < -0.4 is 5.32 Å². The van der Waals surface area contributed by atoms with Crippen molar-refractivity contribution in [2.75, 3.05) is 13.1 Å². The van der Waals surface area contributed by atoms with Crippen LogP contribution >= 0.6 is 0 Å². The molecule has 0 radical (unpaired) electrons. The van der Waals surface area contributed by atoms with Crippen LogP contribution in [0, 0.1) is 11.7 Å². The van der Waals surface area contributed by atoms with Crippen molar-refractivity contribution in [1.82, 2.24) is 19.8 Å². The van der Waals surface area contributed by atoms with Crippen LogP contribution in [-0.4, -0.2) is 39.4 Å². The molecule has 2 aromatic carbocycles. The summed E-state index contributed by atoms with van der Waals surface area (Å²) in [4.78, 5) is 31.1. The summed E-state index contributed by atoms with van der Waals surface area (Å²) in [5.41, 5.74) is 2.51. The average Bonchev–Trinajstić information content (AvgIpc) is 3.34. The van der Waals surface area contributed by atoms with E-state index in [0.29, 0.717) is 31.5 Å². The standard InChI is InChI=1S/C24H25FN4O2/c1-17(18-4-8-22(9-5-18)29-15-12-26-16-29)27-23(30)19-10-13-28(14-11-19)24(31)20-2-6-21(25)7-3-20/h2-9,12,15-17,19H,10-11,13-14H2,1H3,(H,27,30). The van der Waals surface area contributed by atoms with Crippen molar-refractivity contribution >= 4 is 11.8 Å². The van der Waals surface area contributed by atoms with Crippen molar-refractivity contribution in [3.63, 3.8) is 0 Å². The lowest BCUT2D eigenvalue weighted by Crippen LogP contribution is -2.43. The molecule has 2 heterocycles. The van der Waals surface area contributed by atoms with Gasteiger partial charge in [-0.2, -0.15) is 0 Å². The molecule has 1 aromatic heterocycles. The van der Waals surface area contributed by atoms with E-state index in [4.69, 9.17) is 0 Å². The number of likely N-dealkylation sites (tertiary alicyclic amines) is 1. The lowest BCUT2D eigenvalue weighted by atomic mass is 9.94. The Morgan fingerprint density at radius 3 is 2.35 bits per heavy atom. The zero-order valence-corrected chi connectivity index (χ0v) is 17.4. The first-order valence-electron chi connectivity index (χ1n) is 10.4. The van der Waals surface area contributed by atoms with E-state index in [1.165, 1.54) is 24.3 Å². The summed E-state index contributed by atoms with van der Waals surface area (Å²) in [6.07, 6.45) is 6.59. The second kappa shape index (κ2) is 9.12. The molecule has 1 unspecified atom stereocenters. The highest BCUT2D eigenvalue weighted by Gasteiger charge is 2.28. The second-order valence-electron chi connectivity index (χ2n) is 7.87. The summed E-state index contributed by atoms with van der Waals surface area (Å²) in [5, 5.41) is 3.10. The van der Waals surface area contributed by atoms with E-state index < -0.39 is 0 Å². The number of aromatic nitrogens is 2. The van der Waals surface area contributed by atoms with Crippen LogP contribution in [0.15, 0.2) is 67.3 Å². The summed E-state index contributed by atoms with van der Waals surface area (Å²) in [6.45, 7) is 3.00. The van der Waals surface area contributed by atoms with Gasteiger partial charge < -0.3 is 14.8 Å². The average molecular weight is 420 g/mol. The van der Waals surface area contributed by atoms with Crippen molar-refractivity contribution < 1.29 is 14.0 Å². The largest absolute Gasteiger partial charge is 0.349 e. The number of carbonyl (C=O) groups excluding carboxylic acids is 2. The first-order chi connectivity index (χ1) is 15.0. The molecule has 4 rings (SSSR count). The third-order valence-corrected chi connectivity index (χ3v) is 5.80. The van der Waals surface area contributed by atoms with Crippen LogP contribution in [0.1, 0.15) is 41.7 Å². The Morgan fingerprint density at radius 1 is 1.06 bits per heavy atom. The van der Waals surface area contributed by atoms with Gasteiger partial charge in [-0.1, -0.05) is 12.1 Å². The molecule has 1 fully saturated rings. The second-order valence-corrected chi connectivity index (χ2v) is 7.87. The molecule has 1 aliphatic rings. The third-order valence-electron chi connectivity index (χ3n) is 5.80.